The molecule has 1 atom stereocenters. The molecule has 0 radical (unpaired) electrons. The first-order chi connectivity index (χ1) is 28.6. The van der Waals surface area contributed by atoms with E-state index in [4.69, 9.17) is 9.47 Å². The van der Waals surface area contributed by atoms with Crippen LogP contribution >= 0.6 is 0 Å². The van der Waals surface area contributed by atoms with Crippen LogP contribution in [0.15, 0.2) is 134 Å². The second-order valence-electron chi connectivity index (χ2n) is 14.4. The van der Waals surface area contributed by atoms with Gasteiger partial charge in [0, 0.05) is 6.42 Å². The van der Waals surface area contributed by atoms with Gasteiger partial charge in [-0.25, -0.2) is 0 Å². The molecule has 0 aliphatic rings. The molecule has 1 unspecified atom stereocenters. The Morgan fingerprint density at radius 3 is 1.12 bits per heavy atom. The topological polar surface area (TPSA) is 72.8 Å². The Bertz CT molecular complexity index is 1270. The molecule has 0 fully saturated rings. The number of carbonyl (C=O) groups excluding carboxylic acids is 2. The highest BCUT2D eigenvalue weighted by atomic mass is 16.6. The van der Waals surface area contributed by atoms with Crippen molar-refractivity contribution in [1.29, 1.82) is 0 Å². The fourth-order valence-electron chi connectivity index (χ4n) is 5.63. The molecule has 0 aromatic rings. The summed E-state index contributed by atoms with van der Waals surface area (Å²) in [4.78, 5) is 24.3. The van der Waals surface area contributed by atoms with E-state index in [0.29, 0.717) is 6.42 Å². The monoisotopic (exact) mass is 799 g/mol. The molecule has 0 saturated heterocycles. The van der Waals surface area contributed by atoms with E-state index in [1.54, 1.807) is 6.08 Å². The smallest absolute Gasteiger partial charge is 0.309 e. The van der Waals surface area contributed by atoms with Gasteiger partial charge in [0.1, 0.15) is 6.61 Å². The largest absolute Gasteiger partial charge is 0.461 e. The third kappa shape index (κ3) is 44.8. The molecule has 0 aromatic heterocycles. The first-order valence-electron chi connectivity index (χ1n) is 22.7. The minimum Gasteiger partial charge on any atom is -0.461 e. The lowest BCUT2D eigenvalue weighted by molar-refractivity contribution is -0.161. The van der Waals surface area contributed by atoms with Crippen LogP contribution in [0.4, 0.5) is 0 Å². The van der Waals surface area contributed by atoms with Gasteiger partial charge >= 0.3 is 11.9 Å². The number of aliphatic hydroxyl groups is 1. The Kier molecular flexibility index (Phi) is 44.2. The average Bonchev–Trinajstić information content (AvgIpc) is 3.23. The van der Waals surface area contributed by atoms with Gasteiger partial charge in [-0.15, -0.1) is 0 Å². The molecule has 0 aliphatic heterocycles. The zero-order valence-corrected chi connectivity index (χ0v) is 36.7. The van der Waals surface area contributed by atoms with E-state index >= 15 is 0 Å². The third-order valence-electron chi connectivity index (χ3n) is 8.97. The fourth-order valence-corrected chi connectivity index (χ4v) is 5.63. The zero-order valence-electron chi connectivity index (χ0n) is 36.7. The van der Waals surface area contributed by atoms with Gasteiger partial charge < -0.3 is 14.6 Å². The predicted molar refractivity (Wildman–Crippen MR) is 251 cm³/mol. The molecule has 0 amide bonds. The maximum atomic E-state index is 12.2. The summed E-state index contributed by atoms with van der Waals surface area (Å²) in [5, 5.41) is 9.58. The van der Waals surface area contributed by atoms with Crippen molar-refractivity contribution < 1.29 is 24.2 Å². The zero-order chi connectivity index (χ0) is 42.1. The first-order valence-corrected chi connectivity index (χ1v) is 22.7. The van der Waals surface area contributed by atoms with Crippen LogP contribution in [-0.4, -0.2) is 36.4 Å². The lowest BCUT2D eigenvalue weighted by Gasteiger charge is -2.15. The Balaban J connectivity index is 3.66. The molecule has 0 bridgehead atoms. The van der Waals surface area contributed by atoms with Crippen molar-refractivity contribution >= 4 is 11.9 Å². The maximum absolute atomic E-state index is 12.2. The van der Waals surface area contributed by atoms with Gasteiger partial charge in [-0.05, 0) is 89.9 Å². The fraction of sp³-hybridized carbons (Fsp3) is 0.547. The van der Waals surface area contributed by atoms with Crippen LogP contribution < -0.4 is 0 Å². The lowest BCUT2D eigenvalue weighted by atomic mass is 10.0. The lowest BCUT2D eigenvalue weighted by Crippen LogP contribution is -2.28. The van der Waals surface area contributed by atoms with E-state index in [1.165, 1.54) is 51.4 Å². The van der Waals surface area contributed by atoms with Gasteiger partial charge in [0.15, 0.2) is 6.10 Å². The predicted octanol–water partition coefficient (Wildman–Crippen LogP) is 15.0. The Labute approximate surface area is 355 Å². The molecule has 5 nitrogen and oxygen atoms in total. The summed E-state index contributed by atoms with van der Waals surface area (Å²) in [6, 6.07) is 0. The molecular formula is C53H82O5. The van der Waals surface area contributed by atoms with Crippen LogP contribution in [0.3, 0.4) is 0 Å². The van der Waals surface area contributed by atoms with Crippen molar-refractivity contribution in [3.05, 3.63) is 134 Å². The SMILES string of the molecule is CC/C=C\C/C=C\C/C=C\C/C=C\C/C=C\C/C=C\CCCCCCCCCCCCC(=O)OC(CO)COC(=O)C/C=C\C/C=C\C/C=C\C/C=C\C/C=C\CC. The molecule has 5 heteroatoms. The summed E-state index contributed by atoms with van der Waals surface area (Å²) in [6.45, 7) is 3.80. The average molecular weight is 799 g/mol. The molecule has 0 aliphatic carbocycles. The van der Waals surface area contributed by atoms with E-state index in [-0.39, 0.29) is 25.6 Å². The summed E-state index contributed by atoms with van der Waals surface area (Å²) in [7, 11) is 0. The highest BCUT2D eigenvalue weighted by Gasteiger charge is 2.15. The standard InChI is InChI=1S/C53H82O5/c1-3-5-7-9-11-13-15-17-19-20-21-22-23-24-25-26-27-28-29-30-31-32-34-36-38-40-42-44-46-48-53(56)58-51(49-54)50-57-52(55)47-45-43-41-39-37-35-33-18-16-14-12-10-8-6-4-2/h5-8,11-14,17-19,21-22,24-25,27-28,33,37,39,43,45,51,54H,3-4,9-10,15-16,20,23,26,29-32,34-36,38,40-42,44,46-50H2,1-2H3/b7-5-,8-6-,13-11-,14-12-,19-17-,22-21-,25-24-,28-27-,33-18-,39-37-,45-43-. The van der Waals surface area contributed by atoms with Crippen molar-refractivity contribution in [3.8, 4) is 0 Å². The van der Waals surface area contributed by atoms with Crippen molar-refractivity contribution in [2.75, 3.05) is 13.2 Å². The van der Waals surface area contributed by atoms with E-state index in [2.05, 4.69) is 135 Å². The number of allylic oxidation sites excluding steroid dienone is 21. The van der Waals surface area contributed by atoms with Crippen LogP contribution in [0.1, 0.15) is 168 Å². The number of ether oxygens (including phenoxy) is 2. The number of unbranched alkanes of at least 4 members (excludes halogenated alkanes) is 10. The molecule has 58 heavy (non-hydrogen) atoms. The number of hydrogen-bond acceptors (Lipinski definition) is 5. The molecule has 0 aromatic carbocycles. The van der Waals surface area contributed by atoms with Gasteiger partial charge in [-0.3, -0.25) is 9.59 Å². The van der Waals surface area contributed by atoms with Gasteiger partial charge in [-0.1, -0.05) is 199 Å². The summed E-state index contributed by atoms with van der Waals surface area (Å²) < 4.78 is 10.5. The van der Waals surface area contributed by atoms with Crippen molar-refractivity contribution in [1.82, 2.24) is 0 Å². The van der Waals surface area contributed by atoms with Crippen LogP contribution in [0.25, 0.3) is 0 Å². The summed E-state index contributed by atoms with van der Waals surface area (Å²) in [5.74, 6) is -0.756. The molecule has 324 valence electrons. The summed E-state index contributed by atoms with van der Waals surface area (Å²) >= 11 is 0. The Hall–Kier alpha value is -3.96. The van der Waals surface area contributed by atoms with Crippen LogP contribution in [-0.2, 0) is 19.1 Å². The van der Waals surface area contributed by atoms with Crippen molar-refractivity contribution in [3.63, 3.8) is 0 Å². The summed E-state index contributed by atoms with van der Waals surface area (Å²) in [6.07, 6.45) is 71.2. The Morgan fingerprint density at radius 2 is 0.741 bits per heavy atom. The highest BCUT2D eigenvalue weighted by Crippen LogP contribution is 2.13. The van der Waals surface area contributed by atoms with Gasteiger partial charge in [0.25, 0.3) is 0 Å². The molecule has 0 spiro atoms. The normalized spacial score (nSPS) is 13.5. The van der Waals surface area contributed by atoms with Crippen molar-refractivity contribution in [2.24, 2.45) is 0 Å². The molecule has 0 rings (SSSR count). The number of carbonyl (C=O) groups is 2. The van der Waals surface area contributed by atoms with Gasteiger partial charge in [0.05, 0.1) is 13.0 Å². The number of aliphatic hydroxyl groups excluding tert-OH is 1. The van der Waals surface area contributed by atoms with Crippen LogP contribution in [0.2, 0.25) is 0 Å². The van der Waals surface area contributed by atoms with Crippen LogP contribution in [0.5, 0.6) is 0 Å². The number of rotatable bonds is 39. The molecular weight excluding hydrogens is 717 g/mol. The van der Waals surface area contributed by atoms with E-state index in [9.17, 15) is 14.7 Å². The Morgan fingerprint density at radius 1 is 0.414 bits per heavy atom. The van der Waals surface area contributed by atoms with Crippen LogP contribution in [0, 0.1) is 0 Å². The first kappa shape index (κ1) is 54.0. The van der Waals surface area contributed by atoms with E-state index in [1.807, 2.05) is 6.08 Å². The number of esters is 2. The van der Waals surface area contributed by atoms with E-state index in [0.717, 1.165) is 89.9 Å². The number of hydrogen-bond donors (Lipinski definition) is 1. The molecule has 0 saturated carbocycles. The molecule has 1 N–H and O–H groups in total. The highest BCUT2D eigenvalue weighted by molar-refractivity contribution is 5.71. The van der Waals surface area contributed by atoms with Gasteiger partial charge in [0.2, 0.25) is 0 Å². The quantitative estimate of drug-likeness (QED) is 0.0381. The maximum Gasteiger partial charge on any atom is 0.309 e. The summed E-state index contributed by atoms with van der Waals surface area (Å²) in [5.41, 5.74) is 0. The second-order valence-corrected chi connectivity index (χ2v) is 14.4. The molecule has 0 heterocycles. The minimum absolute atomic E-state index is 0.131. The van der Waals surface area contributed by atoms with Gasteiger partial charge in [-0.2, -0.15) is 0 Å². The van der Waals surface area contributed by atoms with Crippen molar-refractivity contribution in [2.45, 2.75) is 174 Å². The van der Waals surface area contributed by atoms with E-state index < -0.39 is 12.1 Å². The third-order valence-corrected chi connectivity index (χ3v) is 8.97. The minimum atomic E-state index is -0.824. The second kappa shape index (κ2) is 47.4.